The molecule has 0 spiro atoms. The zero-order valence-corrected chi connectivity index (χ0v) is 13.5. The molecule has 18 heavy (non-hydrogen) atoms. The van der Waals surface area contributed by atoms with E-state index in [1.807, 2.05) is 23.9 Å². The van der Waals surface area contributed by atoms with Crippen LogP contribution in [0.1, 0.15) is 5.56 Å². The molecule has 0 bridgehead atoms. The molecule has 1 aromatic heterocycles. The van der Waals surface area contributed by atoms with Gasteiger partial charge in [-0.2, -0.15) is 11.8 Å². The Bertz CT molecular complexity index is 416. The van der Waals surface area contributed by atoms with Crippen molar-refractivity contribution in [3.05, 3.63) is 28.0 Å². The number of hydrogen-bond acceptors (Lipinski definition) is 4. The molecule has 2 heterocycles. The smallest absolute Gasteiger partial charge is 0.136 e. The van der Waals surface area contributed by atoms with Gasteiger partial charge in [-0.15, -0.1) is 0 Å². The van der Waals surface area contributed by atoms with Gasteiger partial charge in [0, 0.05) is 30.3 Å². The molecular formula is C11H12Cl2N2S3. The SMILES string of the molecule is S=C(SCc1cc(Cl)nc(Cl)c1)N1CCSCC1. The second-order valence-corrected chi connectivity index (χ2v) is 7.38. The van der Waals surface area contributed by atoms with E-state index in [-0.39, 0.29) is 0 Å². The first-order valence-electron chi connectivity index (χ1n) is 5.46. The fourth-order valence-electron chi connectivity index (χ4n) is 1.58. The van der Waals surface area contributed by atoms with E-state index in [0.717, 1.165) is 40.2 Å². The van der Waals surface area contributed by atoms with Crippen molar-refractivity contribution < 1.29 is 0 Å². The number of nitrogens with zero attached hydrogens (tertiary/aromatic N) is 2. The Hall–Kier alpha value is 0.320. The number of hydrogen-bond donors (Lipinski definition) is 0. The second kappa shape index (κ2) is 7.20. The molecule has 0 atom stereocenters. The zero-order valence-electron chi connectivity index (χ0n) is 9.57. The van der Waals surface area contributed by atoms with Crippen molar-refractivity contribution in [3.8, 4) is 0 Å². The van der Waals surface area contributed by atoms with E-state index in [1.54, 1.807) is 11.8 Å². The first-order chi connectivity index (χ1) is 8.65. The van der Waals surface area contributed by atoms with Gasteiger partial charge in [0.15, 0.2) is 0 Å². The highest BCUT2D eigenvalue weighted by molar-refractivity contribution is 8.22. The number of pyridine rings is 1. The lowest BCUT2D eigenvalue weighted by Crippen LogP contribution is -2.35. The molecule has 0 saturated carbocycles. The molecule has 2 rings (SSSR count). The Morgan fingerprint density at radius 3 is 2.56 bits per heavy atom. The largest absolute Gasteiger partial charge is 0.356 e. The molecule has 0 amide bonds. The van der Waals surface area contributed by atoms with E-state index in [0.29, 0.717) is 10.3 Å². The third-order valence-electron chi connectivity index (χ3n) is 2.45. The van der Waals surface area contributed by atoms with E-state index in [4.69, 9.17) is 35.4 Å². The third kappa shape index (κ3) is 4.46. The standard InChI is InChI=1S/C11H12Cl2N2S3/c12-9-5-8(6-10(13)14-9)7-18-11(16)15-1-3-17-4-2-15/h5-6H,1-4,7H2. The van der Waals surface area contributed by atoms with Gasteiger partial charge in [-0.3, -0.25) is 0 Å². The van der Waals surface area contributed by atoms with Crippen molar-refractivity contribution in [2.24, 2.45) is 0 Å². The molecule has 98 valence electrons. The summed E-state index contributed by atoms with van der Waals surface area (Å²) in [6.45, 7) is 2.10. The molecule has 0 unspecified atom stereocenters. The number of halogens is 2. The normalized spacial score (nSPS) is 15.8. The van der Waals surface area contributed by atoms with Crippen LogP contribution in [0.2, 0.25) is 10.3 Å². The Kier molecular flexibility index (Phi) is 5.89. The van der Waals surface area contributed by atoms with Gasteiger partial charge in [0.05, 0.1) is 0 Å². The summed E-state index contributed by atoms with van der Waals surface area (Å²) in [6.07, 6.45) is 0. The van der Waals surface area contributed by atoms with Gasteiger partial charge in [0.1, 0.15) is 14.6 Å². The van der Waals surface area contributed by atoms with Gasteiger partial charge in [-0.1, -0.05) is 47.2 Å². The van der Waals surface area contributed by atoms with Gasteiger partial charge in [0.25, 0.3) is 0 Å². The molecule has 1 aliphatic heterocycles. The summed E-state index contributed by atoms with van der Waals surface area (Å²) in [5.41, 5.74) is 1.05. The molecule has 1 aromatic rings. The first-order valence-corrected chi connectivity index (χ1v) is 8.77. The minimum absolute atomic E-state index is 0.429. The highest BCUT2D eigenvalue weighted by Crippen LogP contribution is 2.22. The Balaban J connectivity index is 1.88. The molecule has 1 saturated heterocycles. The average molecular weight is 339 g/mol. The summed E-state index contributed by atoms with van der Waals surface area (Å²) in [5, 5.41) is 0.858. The number of rotatable bonds is 2. The summed E-state index contributed by atoms with van der Waals surface area (Å²) >= 11 is 20.8. The van der Waals surface area contributed by atoms with Crippen LogP contribution in [0.25, 0.3) is 0 Å². The fraction of sp³-hybridized carbons (Fsp3) is 0.455. The van der Waals surface area contributed by atoms with Crippen LogP contribution in [0.4, 0.5) is 0 Å². The van der Waals surface area contributed by atoms with Crippen LogP contribution in [0, 0.1) is 0 Å². The predicted octanol–water partition coefficient (Wildman–Crippen LogP) is 3.96. The van der Waals surface area contributed by atoms with Crippen LogP contribution in [-0.4, -0.2) is 38.8 Å². The number of thiocarbonyl (C=S) groups is 1. The molecule has 0 aromatic carbocycles. The highest BCUT2D eigenvalue weighted by Gasteiger charge is 2.14. The molecule has 0 aliphatic carbocycles. The molecule has 1 aliphatic rings. The lowest BCUT2D eigenvalue weighted by atomic mass is 10.3. The quantitative estimate of drug-likeness (QED) is 0.597. The minimum Gasteiger partial charge on any atom is -0.356 e. The molecular weight excluding hydrogens is 327 g/mol. The van der Waals surface area contributed by atoms with Crippen molar-refractivity contribution in [3.63, 3.8) is 0 Å². The molecule has 7 heteroatoms. The summed E-state index contributed by atoms with van der Waals surface area (Å²) < 4.78 is 0.958. The van der Waals surface area contributed by atoms with Crippen LogP contribution in [0.15, 0.2) is 12.1 Å². The van der Waals surface area contributed by atoms with Gasteiger partial charge in [0.2, 0.25) is 0 Å². The van der Waals surface area contributed by atoms with Crippen molar-refractivity contribution in [1.82, 2.24) is 9.88 Å². The van der Waals surface area contributed by atoms with Crippen molar-refractivity contribution >= 4 is 63.3 Å². The van der Waals surface area contributed by atoms with Gasteiger partial charge in [-0.25, -0.2) is 4.98 Å². The van der Waals surface area contributed by atoms with E-state index < -0.39 is 0 Å². The van der Waals surface area contributed by atoms with Crippen LogP contribution in [-0.2, 0) is 5.75 Å². The fourth-order valence-corrected chi connectivity index (χ4v) is 4.17. The highest BCUT2D eigenvalue weighted by atomic mass is 35.5. The van der Waals surface area contributed by atoms with Gasteiger partial charge < -0.3 is 4.90 Å². The monoisotopic (exact) mass is 338 g/mol. The van der Waals surface area contributed by atoms with E-state index in [2.05, 4.69) is 9.88 Å². The lowest BCUT2D eigenvalue weighted by Gasteiger charge is -2.28. The van der Waals surface area contributed by atoms with E-state index in [9.17, 15) is 0 Å². The number of thioether (sulfide) groups is 2. The van der Waals surface area contributed by atoms with E-state index >= 15 is 0 Å². The predicted molar refractivity (Wildman–Crippen MR) is 87.0 cm³/mol. The average Bonchev–Trinajstić information content (AvgIpc) is 2.36. The third-order valence-corrected chi connectivity index (χ3v) is 5.38. The van der Waals surface area contributed by atoms with Crippen LogP contribution in [0.3, 0.4) is 0 Å². The van der Waals surface area contributed by atoms with Crippen LogP contribution in [0.5, 0.6) is 0 Å². The van der Waals surface area contributed by atoms with Crippen molar-refractivity contribution in [2.75, 3.05) is 24.6 Å². The van der Waals surface area contributed by atoms with Crippen molar-refractivity contribution in [1.29, 1.82) is 0 Å². The molecule has 2 nitrogen and oxygen atoms in total. The van der Waals surface area contributed by atoms with Gasteiger partial charge in [-0.05, 0) is 17.7 Å². The zero-order chi connectivity index (χ0) is 13.0. The summed E-state index contributed by atoms with van der Waals surface area (Å²) in [6, 6.07) is 3.66. The topological polar surface area (TPSA) is 16.1 Å². The maximum absolute atomic E-state index is 5.86. The van der Waals surface area contributed by atoms with Crippen LogP contribution >= 0.6 is 58.9 Å². The lowest BCUT2D eigenvalue weighted by molar-refractivity contribution is 0.479. The van der Waals surface area contributed by atoms with Crippen LogP contribution < -0.4 is 0 Å². The summed E-state index contributed by atoms with van der Waals surface area (Å²) in [5.74, 6) is 3.10. The minimum atomic E-state index is 0.429. The Labute approximate surface area is 131 Å². The van der Waals surface area contributed by atoms with Gasteiger partial charge >= 0.3 is 0 Å². The molecule has 1 fully saturated rings. The summed E-state index contributed by atoms with van der Waals surface area (Å²) in [7, 11) is 0. The van der Waals surface area contributed by atoms with Crippen molar-refractivity contribution in [2.45, 2.75) is 5.75 Å². The first kappa shape index (κ1) is 14.7. The maximum atomic E-state index is 5.86. The Morgan fingerprint density at radius 2 is 1.94 bits per heavy atom. The Morgan fingerprint density at radius 1 is 1.33 bits per heavy atom. The molecule has 0 N–H and O–H groups in total. The van der Waals surface area contributed by atoms with E-state index in [1.165, 1.54) is 0 Å². The maximum Gasteiger partial charge on any atom is 0.136 e. The second-order valence-electron chi connectivity index (χ2n) is 3.77. The summed E-state index contributed by atoms with van der Waals surface area (Å²) in [4.78, 5) is 6.19. The molecule has 0 radical (unpaired) electrons. The number of aromatic nitrogens is 1.